The molecule has 2 N–H and O–H groups in total. The van der Waals surface area contributed by atoms with E-state index >= 15 is 0 Å². The van der Waals surface area contributed by atoms with Crippen molar-refractivity contribution in [1.82, 2.24) is 5.32 Å². The fraction of sp³-hybridized carbons (Fsp3) is 0.833. The number of alkyl halides is 2. The molecule has 0 aromatic carbocycles. The van der Waals surface area contributed by atoms with Crippen molar-refractivity contribution in [2.75, 3.05) is 19.7 Å². The Hall–Kier alpha value is -0.750. The molecule has 1 unspecified atom stereocenters. The van der Waals surface area contributed by atoms with Crippen molar-refractivity contribution in [3.8, 4) is 0 Å². The van der Waals surface area contributed by atoms with E-state index in [4.69, 9.17) is 5.11 Å². The highest BCUT2D eigenvalue weighted by molar-refractivity contribution is 5.68. The molecule has 0 amide bonds. The van der Waals surface area contributed by atoms with Crippen molar-refractivity contribution in [1.29, 1.82) is 0 Å². The van der Waals surface area contributed by atoms with Gasteiger partial charge in [0.15, 0.2) is 0 Å². The second-order valence-corrected chi connectivity index (χ2v) is 2.59. The predicted molar refractivity (Wildman–Crippen MR) is 35.2 cm³/mol. The Balaban J connectivity index is 2.36. The van der Waals surface area contributed by atoms with Gasteiger partial charge >= 0.3 is 5.97 Å². The minimum atomic E-state index is -2.95. The summed E-state index contributed by atoms with van der Waals surface area (Å²) >= 11 is 0. The molecule has 1 aliphatic rings. The third-order valence-corrected chi connectivity index (χ3v) is 1.57. The van der Waals surface area contributed by atoms with E-state index in [1.54, 1.807) is 0 Å². The molecule has 0 bridgehead atoms. The fourth-order valence-electron chi connectivity index (χ4n) is 0.986. The van der Waals surface area contributed by atoms with Crippen LogP contribution in [0.3, 0.4) is 0 Å². The standard InChI is InChI=1S/C6H9F2NO3/c7-6(8)3-9-1-4(6)12-2-5(10)11/h4,9H,1-3H2,(H,10,11). The Bertz CT molecular complexity index is 186. The number of carboxylic acids is 1. The Morgan fingerprint density at radius 3 is 2.83 bits per heavy atom. The maximum absolute atomic E-state index is 12.7. The average molecular weight is 181 g/mol. The number of aliphatic carboxylic acids is 1. The first-order valence-electron chi connectivity index (χ1n) is 3.44. The summed E-state index contributed by atoms with van der Waals surface area (Å²) < 4.78 is 29.8. The first-order valence-corrected chi connectivity index (χ1v) is 3.44. The second-order valence-electron chi connectivity index (χ2n) is 2.59. The second kappa shape index (κ2) is 3.32. The molecule has 1 saturated heterocycles. The van der Waals surface area contributed by atoms with Crippen LogP contribution < -0.4 is 5.32 Å². The highest BCUT2D eigenvalue weighted by atomic mass is 19.3. The van der Waals surface area contributed by atoms with Crippen molar-refractivity contribution < 1.29 is 23.4 Å². The van der Waals surface area contributed by atoms with Gasteiger partial charge < -0.3 is 15.2 Å². The summed E-state index contributed by atoms with van der Waals surface area (Å²) in [6.07, 6.45) is -1.31. The monoisotopic (exact) mass is 181 g/mol. The van der Waals surface area contributed by atoms with Gasteiger partial charge in [0.05, 0.1) is 6.54 Å². The fourth-order valence-corrected chi connectivity index (χ4v) is 0.986. The van der Waals surface area contributed by atoms with E-state index in [9.17, 15) is 13.6 Å². The molecule has 1 aliphatic heterocycles. The van der Waals surface area contributed by atoms with Crippen LogP contribution in [0.15, 0.2) is 0 Å². The molecule has 1 rings (SSSR count). The molecular weight excluding hydrogens is 172 g/mol. The molecule has 0 radical (unpaired) electrons. The topological polar surface area (TPSA) is 58.6 Å². The van der Waals surface area contributed by atoms with Gasteiger partial charge in [0, 0.05) is 6.54 Å². The average Bonchev–Trinajstić information content (AvgIpc) is 2.25. The molecule has 70 valence electrons. The molecular formula is C6H9F2NO3. The van der Waals surface area contributed by atoms with E-state index in [-0.39, 0.29) is 6.54 Å². The number of hydrogen-bond donors (Lipinski definition) is 2. The summed E-state index contributed by atoms with van der Waals surface area (Å²) in [5, 5.41) is 10.6. The summed E-state index contributed by atoms with van der Waals surface area (Å²) in [4.78, 5) is 9.98. The molecule has 0 aromatic rings. The van der Waals surface area contributed by atoms with Crippen molar-refractivity contribution in [2.24, 2.45) is 0 Å². The third kappa shape index (κ3) is 2.12. The lowest BCUT2D eigenvalue weighted by Crippen LogP contribution is -2.35. The summed E-state index contributed by atoms with van der Waals surface area (Å²) in [5.41, 5.74) is 0. The first kappa shape index (κ1) is 9.34. The van der Waals surface area contributed by atoms with Crippen molar-refractivity contribution >= 4 is 5.97 Å². The summed E-state index contributed by atoms with van der Waals surface area (Å²) in [6.45, 7) is -1.13. The van der Waals surface area contributed by atoms with Gasteiger partial charge in [-0.25, -0.2) is 13.6 Å². The van der Waals surface area contributed by atoms with Crippen LogP contribution in [0.4, 0.5) is 8.78 Å². The number of carboxylic acid groups (broad SMARTS) is 1. The van der Waals surface area contributed by atoms with Crippen LogP contribution in [-0.4, -0.2) is 42.8 Å². The number of carbonyl (C=O) groups is 1. The quantitative estimate of drug-likeness (QED) is 0.627. The molecule has 6 heteroatoms. The van der Waals surface area contributed by atoms with Gasteiger partial charge in [-0.05, 0) is 0 Å². The van der Waals surface area contributed by atoms with Crippen LogP contribution in [0.1, 0.15) is 0 Å². The number of rotatable bonds is 3. The van der Waals surface area contributed by atoms with Crippen molar-refractivity contribution in [2.45, 2.75) is 12.0 Å². The zero-order chi connectivity index (χ0) is 9.19. The van der Waals surface area contributed by atoms with E-state index in [2.05, 4.69) is 10.1 Å². The van der Waals surface area contributed by atoms with E-state index in [1.165, 1.54) is 0 Å². The minimum Gasteiger partial charge on any atom is -0.480 e. The Morgan fingerprint density at radius 2 is 2.42 bits per heavy atom. The molecule has 1 fully saturated rings. The maximum atomic E-state index is 12.7. The third-order valence-electron chi connectivity index (χ3n) is 1.57. The largest absolute Gasteiger partial charge is 0.480 e. The maximum Gasteiger partial charge on any atom is 0.329 e. The molecule has 4 nitrogen and oxygen atoms in total. The zero-order valence-electron chi connectivity index (χ0n) is 6.22. The summed E-state index contributed by atoms with van der Waals surface area (Å²) in [7, 11) is 0. The van der Waals surface area contributed by atoms with E-state index in [1.807, 2.05) is 0 Å². The van der Waals surface area contributed by atoms with E-state index < -0.39 is 31.1 Å². The van der Waals surface area contributed by atoms with Gasteiger partial charge in [-0.3, -0.25) is 0 Å². The van der Waals surface area contributed by atoms with E-state index in [0.717, 1.165) is 0 Å². The van der Waals surface area contributed by atoms with Gasteiger partial charge in [-0.15, -0.1) is 0 Å². The lowest BCUT2D eigenvalue weighted by Gasteiger charge is -2.16. The molecule has 1 heterocycles. The van der Waals surface area contributed by atoms with Crippen LogP contribution in [0.2, 0.25) is 0 Å². The van der Waals surface area contributed by atoms with Crippen LogP contribution in [0, 0.1) is 0 Å². The lowest BCUT2D eigenvalue weighted by molar-refractivity contribution is -0.152. The van der Waals surface area contributed by atoms with Crippen molar-refractivity contribution in [3.63, 3.8) is 0 Å². The Labute approximate surface area is 67.5 Å². The van der Waals surface area contributed by atoms with Crippen LogP contribution >= 0.6 is 0 Å². The SMILES string of the molecule is O=C(O)COC1CNCC1(F)F. The molecule has 0 aromatic heterocycles. The number of ether oxygens (including phenoxy) is 1. The number of nitrogens with one attached hydrogen (secondary N) is 1. The minimum absolute atomic E-state index is 0.000278. The van der Waals surface area contributed by atoms with Gasteiger partial charge in [0.2, 0.25) is 0 Å². The first-order chi connectivity index (χ1) is 5.52. The highest BCUT2D eigenvalue weighted by Gasteiger charge is 2.45. The number of hydrogen-bond acceptors (Lipinski definition) is 3. The van der Waals surface area contributed by atoms with Gasteiger partial charge in [0.25, 0.3) is 5.92 Å². The van der Waals surface area contributed by atoms with Gasteiger partial charge in [-0.1, -0.05) is 0 Å². The van der Waals surface area contributed by atoms with Gasteiger partial charge in [0.1, 0.15) is 12.7 Å². The van der Waals surface area contributed by atoms with Crippen LogP contribution in [0.25, 0.3) is 0 Å². The predicted octanol–water partition coefficient (Wildman–Crippen LogP) is -0.305. The zero-order valence-corrected chi connectivity index (χ0v) is 6.22. The highest BCUT2D eigenvalue weighted by Crippen LogP contribution is 2.24. The molecule has 0 aliphatic carbocycles. The Kier molecular flexibility index (Phi) is 2.58. The molecule has 1 atom stereocenters. The van der Waals surface area contributed by atoms with E-state index in [0.29, 0.717) is 0 Å². The summed E-state index contributed by atoms with van der Waals surface area (Å²) in [6, 6.07) is 0. The van der Waals surface area contributed by atoms with Crippen LogP contribution in [-0.2, 0) is 9.53 Å². The summed E-state index contributed by atoms with van der Waals surface area (Å²) in [5.74, 6) is -4.19. The normalized spacial score (nSPS) is 27.3. The Morgan fingerprint density at radius 1 is 1.75 bits per heavy atom. The number of halogens is 2. The van der Waals surface area contributed by atoms with Crippen molar-refractivity contribution in [3.05, 3.63) is 0 Å². The lowest BCUT2D eigenvalue weighted by atomic mass is 10.2. The molecule has 0 saturated carbocycles. The van der Waals surface area contributed by atoms with Crippen LogP contribution in [0.5, 0.6) is 0 Å². The molecule has 12 heavy (non-hydrogen) atoms. The smallest absolute Gasteiger partial charge is 0.329 e. The molecule has 0 spiro atoms. The van der Waals surface area contributed by atoms with Gasteiger partial charge in [-0.2, -0.15) is 0 Å².